The number of halogens is 1. The normalized spacial score (nSPS) is 12.8. The van der Waals surface area contributed by atoms with Gasteiger partial charge in [0.25, 0.3) is 0 Å². The van der Waals surface area contributed by atoms with Crippen molar-refractivity contribution in [2.75, 3.05) is 46.9 Å². The Morgan fingerprint density at radius 2 is 2.20 bits per heavy atom. The Labute approximate surface area is 169 Å². The van der Waals surface area contributed by atoms with Crippen LogP contribution in [-0.2, 0) is 11.2 Å². The lowest BCUT2D eigenvalue weighted by Gasteiger charge is -2.18. The average Bonchev–Trinajstić information content (AvgIpc) is 3.08. The Hall–Kier alpha value is -0.800. The van der Waals surface area contributed by atoms with Crippen LogP contribution in [0.25, 0.3) is 0 Å². The lowest BCUT2D eigenvalue weighted by atomic mass is 10.3. The Morgan fingerprint density at radius 1 is 1.40 bits per heavy atom. The fourth-order valence-corrected chi connectivity index (χ4v) is 2.17. The first-order chi connectivity index (χ1) is 11.7. The third kappa shape index (κ3) is 12.2. The van der Waals surface area contributed by atoms with Gasteiger partial charge in [-0.15, -0.1) is 24.0 Å². The monoisotopic (exact) mass is 466 g/mol. The lowest BCUT2D eigenvalue weighted by Crippen LogP contribution is -2.43. The van der Waals surface area contributed by atoms with Crippen LogP contribution in [-0.4, -0.2) is 63.8 Å². The Morgan fingerprint density at radius 3 is 2.84 bits per heavy atom. The molecular weight excluding hydrogens is 431 g/mol. The van der Waals surface area contributed by atoms with Crippen molar-refractivity contribution in [3.63, 3.8) is 0 Å². The summed E-state index contributed by atoms with van der Waals surface area (Å²) in [6.07, 6.45) is 4.68. The van der Waals surface area contributed by atoms with Crippen molar-refractivity contribution in [1.82, 2.24) is 15.5 Å². The number of aliphatic imine (C=N–C) groups is 1. The highest BCUT2D eigenvalue weighted by Crippen LogP contribution is 1.99. The molecule has 0 aromatic carbocycles. The standard InChI is InChI=1S/C18H34N4O2.HI/c1-5-16(2)21-18(19-10-9-17-8-6-15-24-17)20-11-13-22(3)12-7-14-23-4;/h6,8,15-16H,5,7,9-14H2,1-4H3,(H2,19,20,21);1H. The molecule has 1 atom stereocenters. The second kappa shape index (κ2) is 15.5. The number of nitrogens with zero attached hydrogens (tertiary/aromatic N) is 2. The minimum atomic E-state index is 0. The fraction of sp³-hybridized carbons (Fsp3) is 0.722. The van der Waals surface area contributed by atoms with E-state index < -0.39 is 0 Å². The van der Waals surface area contributed by atoms with Gasteiger partial charge >= 0.3 is 0 Å². The number of hydrogen-bond donors (Lipinski definition) is 2. The van der Waals surface area contributed by atoms with Crippen LogP contribution in [0.15, 0.2) is 27.8 Å². The Bertz CT molecular complexity index is 440. The molecule has 1 aromatic rings. The van der Waals surface area contributed by atoms with E-state index >= 15 is 0 Å². The highest BCUT2D eigenvalue weighted by Gasteiger charge is 2.04. The summed E-state index contributed by atoms with van der Waals surface area (Å²) in [5.74, 6) is 1.87. The zero-order valence-electron chi connectivity index (χ0n) is 16.1. The highest BCUT2D eigenvalue weighted by atomic mass is 127. The van der Waals surface area contributed by atoms with Gasteiger partial charge in [0.15, 0.2) is 5.96 Å². The SMILES string of the molecule is CCC(C)NC(=NCCN(C)CCCOC)NCCc1ccco1.I. The van der Waals surface area contributed by atoms with Crippen LogP contribution in [0.2, 0.25) is 0 Å². The molecule has 0 saturated carbocycles. The van der Waals surface area contributed by atoms with Crippen molar-refractivity contribution < 1.29 is 9.15 Å². The molecule has 0 aliphatic rings. The summed E-state index contributed by atoms with van der Waals surface area (Å²) in [6, 6.07) is 4.32. The largest absolute Gasteiger partial charge is 0.469 e. The van der Waals surface area contributed by atoms with Gasteiger partial charge in [-0.2, -0.15) is 0 Å². The van der Waals surface area contributed by atoms with Gasteiger partial charge in [-0.05, 0) is 38.9 Å². The van der Waals surface area contributed by atoms with Crippen molar-refractivity contribution in [2.45, 2.75) is 39.2 Å². The topological polar surface area (TPSA) is 62.0 Å². The third-order valence-electron chi connectivity index (χ3n) is 3.88. The smallest absolute Gasteiger partial charge is 0.191 e. The van der Waals surface area contributed by atoms with E-state index in [4.69, 9.17) is 9.15 Å². The van der Waals surface area contributed by atoms with E-state index in [1.165, 1.54) is 0 Å². The molecule has 1 rings (SSSR count). The van der Waals surface area contributed by atoms with Crippen LogP contribution >= 0.6 is 24.0 Å². The van der Waals surface area contributed by atoms with E-state index in [-0.39, 0.29) is 24.0 Å². The molecule has 1 unspecified atom stereocenters. The molecule has 25 heavy (non-hydrogen) atoms. The summed E-state index contributed by atoms with van der Waals surface area (Å²) in [5.41, 5.74) is 0. The highest BCUT2D eigenvalue weighted by molar-refractivity contribution is 14.0. The number of nitrogens with one attached hydrogen (secondary N) is 2. The van der Waals surface area contributed by atoms with Crippen molar-refractivity contribution >= 4 is 29.9 Å². The first kappa shape index (κ1) is 24.2. The zero-order valence-corrected chi connectivity index (χ0v) is 18.4. The summed E-state index contributed by atoms with van der Waals surface area (Å²) in [4.78, 5) is 6.97. The van der Waals surface area contributed by atoms with E-state index in [0.717, 1.165) is 63.8 Å². The first-order valence-electron chi connectivity index (χ1n) is 8.90. The summed E-state index contributed by atoms with van der Waals surface area (Å²) in [7, 11) is 3.86. The Balaban J connectivity index is 0.00000576. The van der Waals surface area contributed by atoms with Crippen LogP contribution in [0.3, 0.4) is 0 Å². The number of guanidine groups is 1. The summed E-state index contributed by atoms with van der Waals surface area (Å²) in [6.45, 7) is 8.69. The molecule has 0 radical (unpaired) electrons. The molecule has 6 nitrogen and oxygen atoms in total. The minimum absolute atomic E-state index is 0. The molecule has 0 amide bonds. The first-order valence-corrected chi connectivity index (χ1v) is 8.90. The molecule has 2 N–H and O–H groups in total. The molecule has 146 valence electrons. The van der Waals surface area contributed by atoms with E-state index in [1.54, 1.807) is 13.4 Å². The second-order valence-electron chi connectivity index (χ2n) is 6.09. The maximum atomic E-state index is 5.36. The molecular formula is C18H35IN4O2. The predicted molar refractivity (Wildman–Crippen MR) is 115 cm³/mol. The van der Waals surface area contributed by atoms with Gasteiger partial charge < -0.3 is 24.7 Å². The maximum absolute atomic E-state index is 5.36. The molecule has 0 bridgehead atoms. The molecule has 0 spiro atoms. The summed E-state index contributed by atoms with van der Waals surface area (Å²) in [5, 5.41) is 6.83. The van der Waals surface area contributed by atoms with Gasteiger partial charge in [0.05, 0.1) is 12.8 Å². The van der Waals surface area contributed by atoms with Gasteiger partial charge in [0.1, 0.15) is 5.76 Å². The number of ether oxygens (including phenoxy) is 1. The molecule has 0 aliphatic carbocycles. The Kier molecular flexibility index (Phi) is 15.0. The molecule has 1 heterocycles. The fourth-order valence-electron chi connectivity index (χ4n) is 2.17. The van der Waals surface area contributed by atoms with E-state index in [0.29, 0.717) is 6.04 Å². The number of rotatable bonds is 12. The number of hydrogen-bond acceptors (Lipinski definition) is 4. The quantitative estimate of drug-likeness (QED) is 0.215. The summed E-state index contributed by atoms with van der Waals surface area (Å²) < 4.78 is 10.4. The van der Waals surface area contributed by atoms with Crippen molar-refractivity contribution in [3.05, 3.63) is 24.2 Å². The third-order valence-corrected chi connectivity index (χ3v) is 3.88. The predicted octanol–water partition coefficient (Wildman–Crippen LogP) is 2.74. The number of furan rings is 1. The average molecular weight is 466 g/mol. The van der Waals surface area contributed by atoms with E-state index in [1.807, 2.05) is 12.1 Å². The molecule has 0 saturated heterocycles. The van der Waals surface area contributed by atoms with Gasteiger partial charge in [-0.1, -0.05) is 6.92 Å². The van der Waals surface area contributed by atoms with Crippen molar-refractivity contribution in [1.29, 1.82) is 0 Å². The van der Waals surface area contributed by atoms with Crippen LogP contribution < -0.4 is 10.6 Å². The molecule has 0 fully saturated rings. The van der Waals surface area contributed by atoms with Crippen LogP contribution in [0.4, 0.5) is 0 Å². The van der Waals surface area contributed by atoms with Crippen molar-refractivity contribution in [2.24, 2.45) is 4.99 Å². The maximum Gasteiger partial charge on any atom is 0.191 e. The molecule has 0 aliphatic heterocycles. The van der Waals surface area contributed by atoms with Crippen LogP contribution in [0.5, 0.6) is 0 Å². The van der Waals surface area contributed by atoms with Gasteiger partial charge in [-0.3, -0.25) is 4.99 Å². The summed E-state index contributed by atoms with van der Waals surface area (Å²) >= 11 is 0. The van der Waals surface area contributed by atoms with Gasteiger partial charge in [0, 0.05) is 45.8 Å². The van der Waals surface area contributed by atoms with E-state index in [9.17, 15) is 0 Å². The van der Waals surface area contributed by atoms with Gasteiger partial charge in [-0.25, -0.2) is 0 Å². The minimum Gasteiger partial charge on any atom is -0.469 e. The van der Waals surface area contributed by atoms with Gasteiger partial charge in [0.2, 0.25) is 0 Å². The number of likely N-dealkylation sites (N-methyl/N-ethyl adjacent to an activating group) is 1. The van der Waals surface area contributed by atoms with Crippen molar-refractivity contribution in [3.8, 4) is 0 Å². The number of methoxy groups -OCH3 is 1. The molecule has 7 heteroatoms. The van der Waals surface area contributed by atoms with Crippen LogP contribution in [0, 0.1) is 0 Å². The zero-order chi connectivity index (χ0) is 17.6. The lowest BCUT2D eigenvalue weighted by molar-refractivity contribution is 0.180. The second-order valence-corrected chi connectivity index (χ2v) is 6.09. The van der Waals surface area contributed by atoms with E-state index in [2.05, 4.69) is 41.4 Å². The van der Waals surface area contributed by atoms with Crippen LogP contribution in [0.1, 0.15) is 32.4 Å². The molecule has 1 aromatic heterocycles.